The summed E-state index contributed by atoms with van der Waals surface area (Å²) in [7, 11) is 0. The first-order chi connectivity index (χ1) is 12.2. The molecule has 0 saturated heterocycles. The van der Waals surface area contributed by atoms with Crippen LogP contribution in [0.2, 0.25) is 0 Å². The Labute approximate surface area is 151 Å². The average Bonchev–Trinajstić information content (AvgIpc) is 2.99. The summed E-state index contributed by atoms with van der Waals surface area (Å²) in [6.07, 6.45) is 3.97. The van der Waals surface area contributed by atoms with Gasteiger partial charge in [0.1, 0.15) is 10.8 Å². The molecule has 0 unspecified atom stereocenters. The molecule has 0 aliphatic heterocycles. The number of para-hydroxylation sites is 1. The Morgan fingerprint density at radius 2 is 1.92 bits per heavy atom. The highest BCUT2D eigenvalue weighted by molar-refractivity contribution is 7.17. The summed E-state index contributed by atoms with van der Waals surface area (Å²) in [4.78, 5) is 25.8. The quantitative estimate of drug-likeness (QED) is 0.797. The normalized spacial score (nSPS) is 13.0. The molecular formula is C19H21NO4S. The first-order valence-corrected chi connectivity index (χ1v) is 9.30. The number of aryl methyl sites for hydroxylation is 1. The van der Waals surface area contributed by atoms with Crippen molar-refractivity contribution in [2.24, 2.45) is 0 Å². The number of carbonyl (C=O) groups excluding carboxylic acids is 2. The first kappa shape index (κ1) is 17.5. The summed E-state index contributed by atoms with van der Waals surface area (Å²) in [5.74, 6) is -0.0112. The number of nitrogens with one attached hydrogen (secondary N) is 1. The molecule has 1 amide bonds. The summed E-state index contributed by atoms with van der Waals surface area (Å²) in [5, 5.41) is 3.41. The number of anilines is 1. The Hall–Kier alpha value is -2.34. The molecule has 132 valence electrons. The topological polar surface area (TPSA) is 64.6 Å². The number of carbonyl (C=O) groups is 2. The van der Waals surface area contributed by atoms with Gasteiger partial charge in [0.05, 0.1) is 12.2 Å². The van der Waals surface area contributed by atoms with Gasteiger partial charge in [-0.1, -0.05) is 18.2 Å². The highest BCUT2D eigenvalue weighted by atomic mass is 32.1. The lowest BCUT2D eigenvalue weighted by atomic mass is 9.95. The fraction of sp³-hybridized carbons (Fsp3) is 0.368. The summed E-state index contributed by atoms with van der Waals surface area (Å²) in [6, 6.07) is 9.16. The van der Waals surface area contributed by atoms with Gasteiger partial charge in [0.2, 0.25) is 0 Å². The van der Waals surface area contributed by atoms with Gasteiger partial charge < -0.3 is 14.8 Å². The van der Waals surface area contributed by atoms with Crippen molar-refractivity contribution in [3.05, 3.63) is 46.3 Å². The van der Waals surface area contributed by atoms with Gasteiger partial charge in [0.25, 0.3) is 5.91 Å². The SMILES string of the molecule is CCOC(=O)c1c(NC(=O)COc2ccccc2)sc2c1CCCC2. The second kappa shape index (κ2) is 8.16. The van der Waals surface area contributed by atoms with Gasteiger partial charge in [-0.05, 0) is 50.3 Å². The maximum absolute atomic E-state index is 12.4. The van der Waals surface area contributed by atoms with Crippen molar-refractivity contribution in [2.75, 3.05) is 18.5 Å². The molecule has 1 aromatic heterocycles. The molecule has 1 aliphatic rings. The number of hydrogen-bond donors (Lipinski definition) is 1. The van der Waals surface area contributed by atoms with Crippen LogP contribution in [-0.2, 0) is 22.4 Å². The van der Waals surface area contributed by atoms with Crippen LogP contribution in [0.15, 0.2) is 30.3 Å². The van der Waals surface area contributed by atoms with Gasteiger partial charge >= 0.3 is 5.97 Å². The molecule has 1 N–H and O–H groups in total. The zero-order valence-electron chi connectivity index (χ0n) is 14.2. The van der Waals surface area contributed by atoms with Crippen molar-refractivity contribution < 1.29 is 19.1 Å². The maximum Gasteiger partial charge on any atom is 0.341 e. The Balaban J connectivity index is 1.73. The number of amides is 1. The summed E-state index contributed by atoms with van der Waals surface area (Å²) in [6.45, 7) is 1.99. The van der Waals surface area contributed by atoms with Crippen molar-refractivity contribution in [1.29, 1.82) is 0 Å². The number of rotatable bonds is 6. The van der Waals surface area contributed by atoms with Crippen LogP contribution in [0.5, 0.6) is 5.75 Å². The van der Waals surface area contributed by atoms with Crippen LogP contribution in [0.4, 0.5) is 5.00 Å². The molecule has 2 aromatic rings. The highest BCUT2D eigenvalue weighted by Crippen LogP contribution is 2.38. The molecule has 5 nitrogen and oxygen atoms in total. The standard InChI is InChI=1S/C19H21NO4S/c1-2-23-19(22)17-14-10-6-7-11-15(14)25-18(17)20-16(21)12-24-13-8-4-3-5-9-13/h3-5,8-9H,2,6-7,10-12H2,1H3,(H,20,21). The average molecular weight is 359 g/mol. The largest absolute Gasteiger partial charge is 0.484 e. The van der Waals surface area contributed by atoms with E-state index in [1.165, 1.54) is 16.2 Å². The van der Waals surface area contributed by atoms with Crippen molar-refractivity contribution >= 4 is 28.2 Å². The molecule has 1 heterocycles. The van der Waals surface area contributed by atoms with Gasteiger partial charge in [-0.2, -0.15) is 0 Å². The molecule has 25 heavy (non-hydrogen) atoms. The van der Waals surface area contributed by atoms with Crippen molar-refractivity contribution in [2.45, 2.75) is 32.6 Å². The number of esters is 1. The molecule has 3 rings (SSSR count). The van der Waals surface area contributed by atoms with Crippen LogP contribution >= 0.6 is 11.3 Å². The second-order valence-corrected chi connectivity index (χ2v) is 6.89. The molecule has 1 aliphatic carbocycles. The molecule has 0 radical (unpaired) electrons. The number of hydrogen-bond acceptors (Lipinski definition) is 5. The van der Waals surface area contributed by atoms with Crippen LogP contribution in [0.1, 0.15) is 40.6 Å². The monoisotopic (exact) mass is 359 g/mol. The number of thiophene rings is 1. The Morgan fingerprint density at radius 3 is 2.68 bits per heavy atom. The van der Waals surface area contributed by atoms with Crippen LogP contribution in [-0.4, -0.2) is 25.1 Å². The van der Waals surface area contributed by atoms with Crippen molar-refractivity contribution in [1.82, 2.24) is 0 Å². The van der Waals surface area contributed by atoms with E-state index in [0.717, 1.165) is 31.2 Å². The summed E-state index contributed by atoms with van der Waals surface area (Å²) in [5.41, 5.74) is 1.56. The molecule has 6 heteroatoms. The van der Waals surface area contributed by atoms with E-state index < -0.39 is 0 Å². The van der Waals surface area contributed by atoms with E-state index in [-0.39, 0.29) is 18.5 Å². The van der Waals surface area contributed by atoms with E-state index in [2.05, 4.69) is 5.32 Å². The lowest BCUT2D eigenvalue weighted by Gasteiger charge is -2.12. The van der Waals surface area contributed by atoms with Crippen LogP contribution in [0.25, 0.3) is 0 Å². The van der Waals surface area contributed by atoms with E-state index in [4.69, 9.17) is 9.47 Å². The minimum atomic E-state index is -0.360. The zero-order chi connectivity index (χ0) is 17.6. The minimum absolute atomic E-state index is 0.102. The van der Waals surface area contributed by atoms with E-state index >= 15 is 0 Å². The molecule has 0 fully saturated rings. The Kier molecular flexibility index (Phi) is 5.71. The molecule has 0 bridgehead atoms. The van der Waals surface area contributed by atoms with Gasteiger partial charge in [0.15, 0.2) is 6.61 Å². The minimum Gasteiger partial charge on any atom is -0.484 e. The molecule has 0 atom stereocenters. The summed E-state index contributed by atoms with van der Waals surface area (Å²) < 4.78 is 10.7. The smallest absolute Gasteiger partial charge is 0.341 e. The molecule has 0 saturated carbocycles. The van der Waals surface area contributed by atoms with Gasteiger partial charge in [-0.3, -0.25) is 4.79 Å². The Morgan fingerprint density at radius 1 is 1.16 bits per heavy atom. The van der Waals surface area contributed by atoms with Gasteiger partial charge in [0, 0.05) is 4.88 Å². The highest BCUT2D eigenvalue weighted by Gasteiger charge is 2.27. The van der Waals surface area contributed by atoms with Gasteiger partial charge in [-0.25, -0.2) is 4.79 Å². The van der Waals surface area contributed by atoms with Crippen LogP contribution in [0, 0.1) is 0 Å². The third-order valence-corrected chi connectivity index (χ3v) is 5.22. The Bertz CT molecular complexity index is 754. The number of ether oxygens (including phenoxy) is 2. The van der Waals surface area contributed by atoms with Crippen LogP contribution in [0.3, 0.4) is 0 Å². The first-order valence-electron chi connectivity index (χ1n) is 8.48. The third-order valence-electron chi connectivity index (χ3n) is 4.02. The molecule has 0 spiro atoms. The van der Waals surface area contributed by atoms with Crippen molar-refractivity contribution in [3.63, 3.8) is 0 Å². The van der Waals surface area contributed by atoms with E-state index in [1.807, 2.05) is 18.2 Å². The van der Waals surface area contributed by atoms with Crippen molar-refractivity contribution in [3.8, 4) is 5.75 Å². The van der Waals surface area contributed by atoms with E-state index in [1.54, 1.807) is 19.1 Å². The number of benzene rings is 1. The lowest BCUT2D eigenvalue weighted by Crippen LogP contribution is -2.21. The predicted octanol–water partition coefficient (Wildman–Crippen LogP) is 3.82. The lowest BCUT2D eigenvalue weighted by molar-refractivity contribution is -0.118. The fourth-order valence-corrected chi connectivity index (χ4v) is 4.20. The summed E-state index contributed by atoms with van der Waals surface area (Å²) >= 11 is 1.48. The maximum atomic E-state index is 12.4. The van der Waals surface area contributed by atoms with E-state index in [9.17, 15) is 9.59 Å². The molecular weight excluding hydrogens is 338 g/mol. The zero-order valence-corrected chi connectivity index (χ0v) is 15.0. The van der Waals surface area contributed by atoms with Gasteiger partial charge in [-0.15, -0.1) is 11.3 Å². The fourth-order valence-electron chi connectivity index (χ4n) is 2.90. The molecule has 1 aromatic carbocycles. The number of fused-ring (bicyclic) bond motifs is 1. The van der Waals surface area contributed by atoms with Crippen LogP contribution < -0.4 is 10.1 Å². The predicted molar refractivity (Wildman–Crippen MR) is 97.5 cm³/mol. The second-order valence-electron chi connectivity index (χ2n) is 5.79. The van der Waals surface area contributed by atoms with E-state index in [0.29, 0.717) is 22.9 Å². The third kappa shape index (κ3) is 4.20.